The molecule has 0 saturated carbocycles. The van der Waals surface area contributed by atoms with Crippen LogP contribution in [-0.4, -0.2) is 55.2 Å². The zero-order chi connectivity index (χ0) is 40.7. The Hall–Kier alpha value is -4.98. The summed E-state index contributed by atoms with van der Waals surface area (Å²) in [7, 11) is 0. The summed E-state index contributed by atoms with van der Waals surface area (Å²) in [6.07, 6.45) is 5.11. The normalized spacial score (nSPS) is 11.3. The number of hydrogen-bond donors (Lipinski definition) is 2. The monoisotopic (exact) mass is 760 g/mol. The minimum absolute atomic E-state index is 0.131. The molecule has 0 aliphatic heterocycles. The van der Waals surface area contributed by atoms with E-state index in [1.807, 2.05) is 6.92 Å². The molecule has 0 bridgehead atoms. The zero-order valence-corrected chi connectivity index (χ0v) is 34.0. The van der Waals surface area contributed by atoms with Gasteiger partial charge in [-0.15, -0.1) is 0 Å². The highest BCUT2D eigenvalue weighted by Crippen LogP contribution is 2.37. The predicted molar refractivity (Wildman–Crippen MR) is 227 cm³/mol. The van der Waals surface area contributed by atoms with Gasteiger partial charge in [0.25, 0.3) is 0 Å². The molecule has 0 unspecified atom stereocenters. The van der Waals surface area contributed by atoms with Crippen molar-refractivity contribution in [3.8, 4) is 39.1 Å². The van der Waals surface area contributed by atoms with Crippen molar-refractivity contribution in [1.82, 2.24) is 0 Å². The third-order valence-corrected chi connectivity index (χ3v) is 10.3. The Morgan fingerprint density at radius 2 is 1.09 bits per heavy atom. The number of esters is 2. The van der Waals surface area contributed by atoms with Crippen LogP contribution in [0.25, 0.3) is 33.4 Å². The fourth-order valence-corrected chi connectivity index (χ4v) is 6.91. The van der Waals surface area contributed by atoms with Crippen LogP contribution in [0.5, 0.6) is 5.75 Å². The van der Waals surface area contributed by atoms with Crippen LogP contribution < -0.4 is 4.74 Å². The average molecular weight is 761 g/mol. The highest BCUT2D eigenvalue weighted by molar-refractivity contribution is 5.87. The minimum atomic E-state index is -0.638. The maximum absolute atomic E-state index is 12.2. The first-order valence-corrected chi connectivity index (χ1v) is 19.9. The van der Waals surface area contributed by atoms with E-state index < -0.39 is 17.4 Å². The van der Waals surface area contributed by atoms with Crippen molar-refractivity contribution in [3.05, 3.63) is 125 Å². The second-order valence-corrected chi connectivity index (χ2v) is 15.0. The van der Waals surface area contributed by atoms with Gasteiger partial charge in [-0.1, -0.05) is 106 Å². The quantitative estimate of drug-likeness (QED) is 0.0467. The number of aliphatic hydroxyl groups excluding tert-OH is 2. The summed E-state index contributed by atoms with van der Waals surface area (Å²) in [6.45, 7) is 17.4. The molecule has 0 atom stereocenters. The van der Waals surface area contributed by atoms with E-state index in [-0.39, 0.29) is 26.4 Å². The molecule has 0 heterocycles. The van der Waals surface area contributed by atoms with Crippen LogP contribution in [-0.2, 0) is 38.3 Å². The van der Waals surface area contributed by atoms with Gasteiger partial charge < -0.3 is 24.4 Å². The van der Waals surface area contributed by atoms with E-state index in [1.165, 1.54) is 22.3 Å². The van der Waals surface area contributed by atoms with Gasteiger partial charge >= 0.3 is 11.9 Å². The van der Waals surface area contributed by atoms with E-state index in [2.05, 4.69) is 106 Å². The van der Waals surface area contributed by atoms with E-state index in [9.17, 15) is 19.8 Å². The van der Waals surface area contributed by atoms with Crippen LogP contribution in [0.1, 0.15) is 82.1 Å². The Kier molecular flexibility index (Phi) is 16.7. The lowest BCUT2D eigenvalue weighted by Crippen LogP contribution is -2.31. The number of benzene rings is 4. The smallest absolute Gasteiger partial charge is 0.333 e. The molecule has 0 aliphatic carbocycles. The van der Waals surface area contributed by atoms with Crippen molar-refractivity contribution in [2.45, 2.75) is 86.0 Å². The molecular formula is C49H60O7. The second kappa shape index (κ2) is 21.4. The predicted octanol–water partition coefficient (Wildman–Crippen LogP) is 10.2. The van der Waals surface area contributed by atoms with E-state index in [0.717, 1.165) is 52.0 Å². The summed E-state index contributed by atoms with van der Waals surface area (Å²) in [5.41, 5.74) is 11.3. The first kappa shape index (κ1) is 43.7. The van der Waals surface area contributed by atoms with E-state index in [4.69, 9.17) is 14.2 Å². The summed E-state index contributed by atoms with van der Waals surface area (Å²) in [4.78, 5) is 24.3. The molecule has 7 nitrogen and oxygen atoms in total. The van der Waals surface area contributed by atoms with Gasteiger partial charge in [0.05, 0.1) is 33.0 Å². The van der Waals surface area contributed by atoms with E-state index >= 15 is 0 Å². The number of hydrogen-bond acceptors (Lipinski definition) is 7. The fraction of sp³-hybridized carbons (Fsp3) is 0.388. The lowest BCUT2D eigenvalue weighted by Gasteiger charge is -2.30. The Bertz CT molecular complexity index is 1880. The molecule has 0 radical (unpaired) electrons. The molecule has 4 rings (SSSR count). The van der Waals surface area contributed by atoms with Crippen LogP contribution in [0.2, 0.25) is 0 Å². The SMILES string of the molecule is C=C(C)C(=O)OCCCc1cc(-c2ccc(-c3ccc(-c4ccc(C)cc4)cc3)cc2CC)cc(CCCOC(=O)C(=C)C)c1OCCC(CO)(CO)CCC. The molecule has 0 amide bonds. The van der Waals surface area contributed by atoms with E-state index in [0.29, 0.717) is 56.3 Å². The summed E-state index contributed by atoms with van der Waals surface area (Å²) in [5.74, 6) is -0.105. The van der Waals surface area contributed by atoms with Crippen molar-refractivity contribution in [3.63, 3.8) is 0 Å². The van der Waals surface area contributed by atoms with Crippen LogP contribution in [0.15, 0.2) is 103 Å². The van der Waals surface area contributed by atoms with Crippen LogP contribution in [0.4, 0.5) is 0 Å². The number of aryl methyl sites for hydroxylation is 4. The molecule has 4 aromatic rings. The molecule has 0 aromatic heterocycles. The molecule has 298 valence electrons. The molecule has 4 aromatic carbocycles. The molecule has 2 N–H and O–H groups in total. The summed E-state index contributed by atoms with van der Waals surface area (Å²) < 4.78 is 17.5. The van der Waals surface area contributed by atoms with Gasteiger partial charge in [-0.3, -0.25) is 0 Å². The maximum Gasteiger partial charge on any atom is 0.333 e. The zero-order valence-electron chi connectivity index (χ0n) is 34.0. The Morgan fingerprint density at radius 1 is 0.625 bits per heavy atom. The van der Waals surface area contributed by atoms with Crippen LogP contribution >= 0.6 is 0 Å². The number of carbonyl (C=O) groups is 2. The second-order valence-electron chi connectivity index (χ2n) is 15.0. The van der Waals surface area contributed by atoms with Gasteiger partial charge in [0.15, 0.2) is 0 Å². The van der Waals surface area contributed by atoms with Crippen LogP contribution in [0, 0.1) is 12.3 Å². The lowest BCUT2D eigenvalue weighted by atomic mass is 9.82. The Morgan fingerprint density at radius 3 is 1.55 bits per heavy atom. The topological polar surface area (TPSA) is 102 Å². The van der Waals surface area contributed by atoms with Crippen molar-refractivity contribution in [2.75, 3.05) is 33.0 Å². The molecule has 0 spiro atoms. The Labute approximate surface area is 334 Å². The van der Waals surface area contributed by atoms with Crippen molar-refractivity contribution in [2.24, 2.45) is 5.41 Å². The standard InChI is InChI=1S/C49H60O7/c1-8-24-49(32-50,33-51)25-28-54-46-42(12-10-26-55-47(52)34(3)4)30-44(31-43(46)13-11-27-56-48(53)35(5)6)45-23-22-41(29-37(45)9-2)40-20-18-39(19-21-40)38-16-14-36(7)15-17-38/h14-23,29-31,50-51H,3,5,8-13,24-28,32-33H2,1-2,4,6-7H3. The number of ether oxygens (including phenoxy) is 3. The highest BCUT2D eigenvalue weighted by atomic mass is 16.5. The number of aliphatic hydroxyl groups is 2. The first-order valence-electron chi connectivity index (χ1n) is 19.9. The minimum Gasteiger partial charge on any atom is -0.493 e. The molecular weight excluding hydrogens is 701 g/mol. The average Bonchev–Trinajstić information content (AvgIpc) is 3.21. The van der Waals surface area contributed by atoms with E-state index in [1.54, 1.807) is 13.8 Å². The molecule has 0 aliphatic rings. The van der Waals surface area contributed by atoms with Crippen LogP contribution in [0.3, 0.4) is 0 Å². The van der Waals surface area contributed by atoms with Gasteiger partial charge in [0.1, 0.15) is 5.75 Å². The maximum atomic E-state index is 12.2. The summed E-state index contributed by atoms with van der Waals surface area (Å²) in [5, 5.41) is 20.5. The van der Waals surface area contributed by atoms with Crippen molar-refractivity contribution >= 4 is 11.9 Å². The third-order valence-electron chi connectivity index (χ3n) is 10.3. The molecule has 56 heavy (non-hydrogen) atoms. The van der Waals surface area contributed by atoms with Crippen molar-refractivity contribution in [1.29, 1.82) is 0 Å². The third kappa shape index (κ3) is 12.0. The van der Waals surface area contributed by atoms with Gasteiger partial charge in [-0.25, -0.2) is 9.59 Å². The van der Waals surface area contributed by atoms with Gasteiger partial charge in [0.2, 0.25) is 0 Å². The summed E-state index contributed by atoms with van der Waals surface area (Å²) in [6, 6.07) is 28.2. The number of rotatable bonds is 22. The van der Waals surface area contributed by atoms with Crippen molar-refractivity contribution < 1.29 is 34.0 Å². The summed E-state index contributed by atoms with van der Waals surface area (Å²) >= 11 is 0. The molecule has 7 heteroatoms. The Balaban J connectivity index is 1.72. The van der Waals surface area contributed by atoms with Gasteiger partial charge in [-0.2, -0.15) is 0 Å². The highest BCUT2D eigenvalue weighted by Gasteiger charge is 2.28. The number of carbonyl (C=O) groups excluding carboxylic acids is 2. The molecule has 0 fully saturated rings. The van der Waals surface area contributed by atoms with Gasteiger partial charge in [-0.05, 0) is 128 Å². The largest absolute Gasteiger partial charge is 0.493 e. The first-order chi connectivity index (χ1) is 26.9. The fourth-order valence-electron chi connectivity index (χ4n) is 6.91. The van der Waals surface area contributed by atoms with Gasteiger partial charge in [0, 0.05) is 16.6 Å². The molecule has 0 saturated heterocycles. The lowest BCUT2D eigenvalue weighted by molar-refractivity contribution is -0.139.